The Hall–Kier alpha value is -3.17. The third-order valence-electron chi connectivity index (χ3n) is 6.51. The van der Waals surface area contributed by atoms with E-state index < -0.39 is 17.4 Å². The van der Waals surface area contributed by atoms with Crippen LogP contribution in [0, 0.1) is 5.82 Å². The van der Waals surface area contributed by atoms with E-state index in [1.165, 1.54) is 6.07 Å². The van der Waals surface area contributed by atoms with E-state index in [1.54, 1.807) is 16.5 Å². The minimum atomic E-state index is -0.738. The van der Waals surface area contributed by atoms with Crippen molar-refractivity contribution in [2.75, 3.05) is 13.6 Å². The van der Waals surface area contributed by atoms with Gasteiger partial charge in [-0.25, -0.2) is 9.18 Å². The minimum absolute atomic E-state index is 0.0348. The Morgan fingerprint density at radius 3 is 2.79 bits per heavy atom. The number of carbonyl (C=O) groups is 2. The Morgan fingerprint density at radius 2 is 2.09 bits per heavy atom. The molecule has 2 aliphatic rings. The Kier molecular flexibility index (Phi) is 7.04. The summed E-state index contributed by atoms with van der Waals surface area (Å²) in [5.41, 5.74) is -0.410. The van der Waals surface area contributed by atoms with E-state index in [9.17, 15) is 14.4 Å². The van der Waals surface area contributed by atoms with Gasteiger partial charge in [0.25, 0.3) is 5.91 Å². The molecule has 1 aromatic carbocycles. The van der Waals surface area contributed by atoms with Crippen LogP contribution in [-0.4, -0.2) is 56.8 Å². The Bertz CT molecular complexity index is 1140. The fourth-order valence-corrected chi connectivity index (χ4v) is 4.55. The number of hydrogen-bond donors (Lipinski definition) is 1. The van der Waals surface area contributed by atoms with Crippen LogP contribution in [0.25, 0.3) is 5.69 Å². The number of likely N-dealkylation sites (tertiary alicyclic amines) is 1. The molecule has 4 rings (SSSR count). The Balaban J connectivity index is 1.68. The van der Waals surface area contributed by atoms with Gasteiger partial charge in [-0.1, -0.05) is 13.3 Å². The van der Waals surface area contributed by atoms with Crippen LogP contribution in [0.4, 0.5) is 4.39 Å². The number of aryl methyl sites for hydroxylation is 1. The third-order valence-corrected chi connectivity index (χ3v) is 6.51. The molecule has 1 aromatic heterocycles. The molecule has 3 heterocycles. The number of ether oxygens (including phenoxy) is 1. The highest BCUT2D eigenvalue weighted by Gasteiger charge is 2.28. The molecule has 184 valence electrons. The molecule has 0 spiro atoms. The van der Waals surface area contributed by atoms with Crippen molar-refractivity contribution < 1.29 is 18.7 Å². The monoisotopic (exact) mass is 473 g/mol. The highest BCUT2D eigenvalue weighted by molar-refractivity contribution is 5.97. The third kappa shape index (κ3) is 4.85. The van der Waals surface area contributed by atoms with Gasteiger partial charge in [-0.15, -0.1) is 5.10 Å². The van der Waals surface area contributed by atoms with E-state index in [0.717, 1.165) is 36.4 Å². The van der Waals surface area contributed by atoms with Crippen LogP contribution >= 0.6 is 0 Å². The Morgan fingerprint density at radius 1 is 1.29 bits per heavy atom. The molecule has 0 radical (unpaired) electrons. The van der Waals surface area contributed by atoms with Crippen molar-refractivity contribution in [1.82, 2.24) is 24.6 Å². The van der Waals surface area contributed by atoms with Crippen molar-refractivity contribution in [3.05, 3.63) is 39.8 Å². The number of halogens is 1. The van der Waals surface area contributed by atoms with Crippen molar-refractivity contribution in [3.63, 3.8) is 0 Å². The van der Waals surface area contributed by atoms with E-state index in [4.69, 9.17) is 4.74 Å². The first kappa shape index (κ1) is 24.0. The van der Waals surface area contributed by atoms with E-state index in [1.807, 2.05) is 13.8 Å². The van der Waals surface area contributed by atoms with Gasteiger partial charge in [0.05, 0.1) is 11.7 Å². The van der Waals surface area contributed by atoms with Crippen LogP contribution < -0.4 is 15.7 Å². The molecule has 1 N–H and O–H groups in total. The quantitative estimate of drug-likeness (QED) is 0.666. The molecule has 0 saturated carbocycles. The first-order valence-corrected chi connectivity index (χ1v) is 12.0. The zero-order chi connectivity index (χ0) is 24.4. The summed E-state index contributed by atoms with van der Waals surface area (Å²) in [7, 11) is 1.73. The SMILES string of the molecule is CCC[C@H](C)Oc1cc(-n2nc3n(c2=O)CCCC3)c(F)cc1C(=O)N[C@H]1CCN(C)C(=O)C1. The van der Waals surface area contributed by atoms with Crippen LogP contribution in [0.15, 0.2) is 16.9 Å². The molecule has 2 amide bonds. The largest absolute Gasteiger partial charge is 0.490 e. The lowest BCUT2D eigenvalue weighted by Crippen LogP contribution is -2.46. The van der Waals surface area contributed by atoms with Crippen molar-refractivity contribution in [3.8, 4) is 11.4 Å². The lowest BCUT2D eigenvalue weighted by molar-refractivity contribution is -0.132. The smallest absolute Gasteiger partial charge is 0.350 e. The van der Waals surface area contributed by atoms with Gasteiger partial charge in [0.1, 0.15) is 23.1 Å². The molecule has 2 aromatic rings. The molecule has 2 aliphatic heterocycles. The number of rotatable bonds is 7. The topological polar surface area (TPSA) is 98.5 Å². The summed E-state index contributed by atoms with van der Waals surface area (Å²) in [5, 5.41) is 7.20. The second-order valence-corrected chi connectivity index (χ2v) is 9.21. The van der Waals surface area contributed by atoms with Crippen LogP contribution in [0.1, 0.15) is 68.6 Å². The second-order valence-electron chi connectivity index (χ2n) is 9.21. The van der Waals surface area contributed by atoms with Gasteiger partial charge in [-0.05, 0) is 38.7 Å². The van der Waals surface area contributed by atoms with E-state index in [-0.39, 0.29) is 41.5 Å². The summed E-state index contributed by atoms with van der Waals surface area (Å²) in [6.07, 6.45) is 4.69. The van der Waals surface area contributed by atoms with Crippen molar-refractivity contribution >= 4 is 11.8 Å². The van der Waals surface area contributed by atoms with Crippen molar-refractivity contribution in [2.45, 2.75) is 77.5 Å². The number of aromatic nitrogens is 3. The van der Waals surface area contributed by atoms with Crippen LogP contribution in [0.2, 0.25) is 0 Å². The second kappa shape index (κ2) is 9.99. The molecule has 0 bridgehead atoms. The predicted molar refractivity (Wildman–Crippen MR) is 124 cm³/mol. The van der Waals surface area contributed by atoms with Crippen molar-refractivity contribution in [1.29, 1.82) is 0 Å². The van der Waals surface area contributed by atoms with Gasteiger partial charge in [0, 0.05) is 45.1 Å². The number of hydrogen-bond acceptors (Lipinski definition) is 5. The summed E-state index contributed by atoms with van der Waals surface area (Å²) < 4.78 is 24.0. The summed E-state index contributed by atoms with van der Waals surface area (Å²) in [6, 6.07) is 2.15. The number of fused-ring (bicyclic) bond motifs is 1. The lowest BCUT2D eigenvalue weighted by atomic mass is 10.0. The maximum absolute atomic E-state index is 15.3. The molecular weight excluding hydrogens is 441 g/mol. The summed E-state index contributed by atoms with van der Waals surface area (Å²) in [5.74, 6) is -0.479. The van der Waals surface area contributed by atoms with Crippen LogP contribution in [0.5, 0.6) is 5.75 Å². The zero-order valence-corrected chi connectivity index (χ0v) is 20.0. The minimum Gasteiger partial charge on any atom is -0.490 e. The maximum Gasteiger partial charge on any atom is 0.350 e. The van der Waals surface area contributed by atoms with E-state index in [2.05, 4.69) is 10.4 Å². The molecule has 9 nitrogen and oxygen atoms in total. The van der Waals surface area contributed by atoms with Crippen LogP contribution in [0.3, 0.4) is 0 Å². The first-order chi connectivity index (χ1) is 16.3. The number of nitrogens with zero attached hydrogens (tertiary/aromatic N) is 4. The number of amides is 2. The van der Waals surface area contributed by atoms with E-state index in [0.29, 0.717) is 31.8 Å². The fraction of sp³-hybridized carbons (Fsp3) is 0.583. The lowest BCUT2D eigenvalue weighted by Gasteiger charge is -2.29. The number of benzene rings is 1. The summed E-state index contributed by atoms with van der Waals surface area (Å²) in [6.45, 7) is 5.01. The van der Waals surface area contributed by atoms with Gasteiger partial charge in [0.2, 0.25) is 5.91 Å². The predicted octanol–water partition coefficient (Wildman–Crippen LogP) is 2.43. The first-order valence-electron chi connectivity index (χ1n) is 12.0. The number of piperidine rings is 1. The van der Waals surface area contributed by atoms with Gasteiger partial charge in [-0.3, -0.25) is 14.2 Å². The summed E-state index contributed by atoms with van der Waals surface area (Å²) in [4.78, 5) is 39.7. The maximum atomic E-state index is 15.3. The van der Waals surface area contributed by atoms with E-state index >= 15 is 4.39 Å². The van der Waals surface area contributed by atoms with Gasteiger partial charge >= 0.3 is 5.69 Å². The fourth-order valence-electron chi connectivity index (χ4n) is 4.55. The summed E-state index contributed by atoms with van der Waals surface area (Å²) >= 11 is 0. The van der Waals surface area contributed by atoms with Gasteiger partial charge in [-0.2, -0.15) is 4.68 Å². The molecule has 10 heteroatoms. The van der Waals surface area contributed by atoms with Crippen molar-refractivity contribution in [2.24, 2.45) is 0 Å². The molecule has 0 unspecified atom stereocenters. The molecule has 2 atom stereocenters. The molecule has 1 fully saturated rings. The van der Waals surface area contributed by atoms with Gasteiger partial charge < -0.3 is 15.0 Å². The molecule has 1 saturated heterocycles. The Labute approximate surface area is 197 Å². The molecule has 34 heavy (non-hydrogen) atoms. The molecule has 0 aliphatic carbocycles. The highest BCUT2D eigenvalue weighted by atomic mass is 19.1. The van der Waals surface area contributed by atoms with Crippen LogP contribution in [-0.2, 0) is 17.8 Å². The normalized spacial score (nSPS) is 19.0. The zero-order valence-electron chi connectivity index (χ0n) is 20.0. The van der Waals surface area contributed by atoms with Gasteiger partial charge in [0.15, 0.2) is 0 Å². The number of carbonyl (C=O) groups excluding carboxylic acids is 2. The molecular formula is C24H32FN5O4. The number of nitrogens with one attached hydrogen (secondary N) is 1. The highest BCUT2D eigenvalue weighted by Crippen LogP contribution is 2.28. The standard InChI is InChI=1S/C24H32FN5O4/c1-4-7-15(2)34-20-14-19(30-24(33)29-10-6-5-8-21(29)27-30)18(25)13-17(20)23(32)26-16-9-11-28(3)22(31)12-16/h13-16H,4-12H2,1-3H3,(H,26,32)/t15-,16-/m0/s1. The average molecular weight is 474 g/mol. The average Bonchev–Trinajstić information content (AvgIpc) is 3.13.